The Morgan fingerprint density at radius 2 is 1.96 bits per heavy atom. The molecule has 1 N–H and O–H groups in total. The Morgan fingerprint density at radius 1 is 1.09 bits per heavy atom. The second-order valence-electron chi connectivity index (χ2n) is 5.29. The van der Waals surface area contributed by atoms with Gasteiger partial charge in [0, 0.05) is 17.3 Å². The zero-order chi connectivity index (χ0) is 15.8. The van der Waals surface area contributed by atoms with E-state index in [4.69, 9.17) is 0 Å². The van der Waals surface area contributed by atoms with Crippen molar-refractivity contribution in [3.8, 4) is 0 Å². The molecule has 0 atom stereocenters. The standard InChI is InChI=1S/C18H13N3OS/c1-11-6-7-13(10-19-11)17(22)21-18-20-16-14-5-3-2-4-12(14)8-9-15(16)23-18/h2-10H,1H3,(H,20,21,22). The van der Waals surface area contributed by atoms with E-state index >= 15 is 0 Å². The molecule has 0 saturated carbocycles. The molecule has 0 saturated heterocycles. The Labute approximate surface area is 136 Å². The fourth-order valence-corrected chi connectivity index (χ4v) is 3.36. The van der Waals surface area contributed by atoms with Crippen molar-refractivity contribution >= 4 is 43.4 Å². The summed E-state index contributed by atoms with van der Waals surface area (Å²) >= 11 is 1.47. The summed E-state index contributed by atoms with van der Waals surface area (Å²) in [7, 11) is 0. The van der Waals surface area contributed by atoms with Crippen molar-refractivity contribution in [3.63, 3.8) is 0 Å². The SMILES string of the molecule is Cc1ccc(C(=O)Nc2nc3c(ccc4ccccc43)s2)cn1. The van der Waals surface area contributed by atoms with Crippen LogP contribution in [0.25, 0.3) is 21.0 Å². The van der Waals surface area contributed by atoms with E-state index in [1.807, 2.05) is 37.3 Å². The first-order valence-corrected chi connectivity index (χ1v) is 8.05. The number of nitrogens with zero attached hydrogens (tertiary/aromatic N) is 2. The molecule has 0 aliphatic carbocycles. The molecule has 1 amide bonds. The third-order valence-corrected chi connectivity index (χ3v) is 4.61. The predicted octanol–water partition coefficient (Wildman–Crippen LogP) is 4.41. The summed E-state index contributed by atoms with van der Waals surface area (Å²) in [6.45, 7) is 1.89. The number of carbonyl (C=O) groups is 1. The first-order chi connectivity index (χ1) is 11.2. The van der Waals surface area contributed by atoms with Gasteiger partial charge in [-0.1, -0.05) is 41.7 Å². The molecule has 23 heavy (non-hydrogen) atoms. The van der Waals surface area contributed by atoms with Crippen molar-refractivity contribution in [1.82, 2.24) is 9.97 Å². The lowest BCUT2D eigenvalue weighted by molar-refractivity contribution is 0.102. The molecule has 2 aromatic carbocycles. The number of amides is 1. The number of benzene rings is 2. The summed E-state index contributed by atoms with van der Waals surface area (Å²) in [5, 5.41) is 5.70. The summed E-state index contributed by atoms with van der Waals surface area (Å²) < 4.78 is 1.06. The topological polar surface area (TPSA) is 54.9 Å². The van der Waals surface area contributed by atoms with E-state index in [-0.39, 0.29) is 5.91 Å². The molecule has 0 aliphatic rings. The molecule has 0 aliphatic heterocycles. The molecule has 2 aromatic heterocycles. The first-order valence-electron chi connectivity index (χ1n) is 7.23. The van der Waals surface area contributed by atoms with Crippen molar-refractivity contribution in [2.24, 2.45) is 0 Å². The van der Waals surface area contributed by atoms with Crippen LogP contribution in [0, 0.1) is 6.92 Å². The highest BCUT2D eigenvalue weighted by Crippen LogP contribution is 2.31. The number of anilines is 1. The smallest absolute Gasteiger partial charge is 0.259 e. The number of pyridine rings is 1. The third-order valence-electron chi connectivity index (χ3n) is 3.68. The van der Waals surface area contributed by atoms with Crippen LogP contribution in [0.2, 0.25) is 0 Å². The van der Waals surface area contributed by atoms with Gasteiger partial charge in [0.15, 0.2) is 5.13 Å². The molecule has 0 bridgehead atoms. The minimum atomic E-state index is -0.194. The fourth-order valence-electron chi connectivity index (χ4n) is 2.49. The number of carbonyl (C=O) groups excluding carboxylic acids is 1. The molecule has 4 aromatic rings. The molecule has 0 radical (unpaired) electrons. The lowest BCUT2D eigenvalue weighted by Gasteiger charge is -2.01. The van der Waals surface area contributed by atoms with Gasteiger partial charge in [-0.25, -0.2) is 4.98 Å². The number of aryl methyl sites for hydroxylation is 1. The van der Waals surface area contributed by atoms with Crippen LogP contribution in [0.15, 0.2) is 54.7 Å². The number of thiazole rings is 1. The molecule has 0 unspecified atom stereocenters. The maximum absolute atomic E-state index is 12.3. The Morgan fingerprint density at radius 3 is 2.78 bits per heavy atom. The van der Waals surface area contributed by atoms with Crippen LogP contribution >= 0.6 is 11.3 Å². The van der Waals surface area contributed by atoms with Crippen molar-refractivity contribution in [2.75, 3.05) is 5.32 Å². The van der Waals surface area contributed by atoms with Gasteiger partial charge in [0.1, 0.15) is 0 Å². The predicted molar refractivity (Wildman–Crippen MR) is 94.1 cm³/mol. The molecule has 2 heterocycles. The average molecular weight is 319 g/mol. The summed E-state index contributed by atoms with van der Waals surface area (Å²) in [6, 6.07) is 15.8. The van der Waals surface area contributed by atoms with Gasteiger partial charge < -0.3 is 0 Å². The van der Waals surface area contributed by atoms with Gasteiger partial charge in [-0.15, -0.1) is 0 Å². The zero-order valence-corrected chi connectivity index (χ0v) is 13.2. The molecule has 0 spiro atoms. The molecule has 0 fully saturated rings. The highest BCUT2D eigenvalue weighted by atomic mass is 32.1. The van der Waals surface area contributed by atoms with Crippen molar-refractivity contribution < 1.29 is 4.79 Å². The Hall–Kier alpha value is -2.79. The number of hydrogen-bond acceptors (Lipinski definition) is 4. The average Bonchev–Trinajstić information content (AvgIpc) is 2.98. The van der Waals surface area contributed by atoms with Gasteiger partial charge in [0.05, 0.1) is 15.8 Å². The normalized spacial score (nSPS) is 11.0. The molecule has 5 heteroatoms. The number of fused-ring (bicyclic) bond motifs is 3. The van der Waals surface area contributed by atoms with Gasteiger partial charge in [0.2, 0.25) is 0 Å². The van der Waals surface area contributed by atoms with Gasteiger partial charge in [-0.05, 0) is 30.5 Å². The van der Waals surface area contributed by atoms with E-state index in [9.17, 15) is 4.79 Å². The van der Waals surface area contributed by atoms with Crippen molar-refractivity contribution in [3.05, 3.63) is 66.0 Å². The lowest BCUT2D eigenvalue weighted by Crippen LogP contribution is -2.11. The summed E-state index contributed by atoms with van der Waals surface area (Å²) in [4.78, 5) is 21.0. The van der Waals surface area contributed by atoms with Gasteiger partial charge in [0.25, 0.3) is 5.91 Å². The zero-order valence-electron chi connectivity index (χ0n) is 12.4. The molecular formula is C18H13N3OS. The first kappa shape index (κ1) is 13.8. The number of hydrogen-bond donors (Lipinski definition) is 1. The minimum Gasteiger partial charge on any atom is -0.298 e. The summed E-state index contributed by atoms with van der Waals surface area (Å²) in [5.41, 5.74) is 2.33. The fraction of sp³-hybridized carbons (Fsp3) is 0.0556. The van der Waals surface area contributed by atoms with E-state index in [1.54, 1.807) is 12.3 Å². The van der Waals surface area contributed by atoms with E-state index in [2.05, 4.69) is 27.4 Å². The maximum atomic E-state index is 12.3. The van der Waals surface area contributed by atoms with Crippen LogP contribution in [0.1, 0.15) is 16.1 Å². The molecule has 112 valence electrons. The van der Waals surface area contributed by atoms with E-state index in [1.165, 1.54) is 11.3 Å². The Bertz CT molecular complexity index is 1020. The molecular weight excluding hydrogens is 306 g/mol. The van der Waals surface area contributed by atoms with Gasteiger partial charge in [-0.2, -0.15) is 0 Å². The number of nitrogens with one attached hydrogen (secondary N) is 1. The van der Waals surface area contributed by atoms with Crippen LogP contribution < -0.4 is 5.32 Å². The molecule has 4 rings (SSSR count). The van der Waals surface area contributed by atoms with E-state index in [0.29, 0.717) is 10.7 Å². The summed E-state index contributed by atoms with van der Waals surface area (Å²) in [5.74, 6) is -0.194. The number of rotatable bonds is 2. The van der Waals surface area contributed by atoms with Crippen molar-refractivity contribution in [2.45, 2.75) is 6.92 Å². The summed E-state index contributed by atoms with van der Waals surface area (Å²) in [6.07, 6.45) is 1.58. The van der Waals surface area contributed by atoms with Crippen LogP contribution in [0.3, 0.4) is 0 Å². The monoisotopic (exact) mass is 319 g/mol. The molecule has 4 nitrogen and oxygen atoms in total. The third kappa shape index (κ3) is 2.55. The van der Waals surface area contributed by atoms with Gasteiger partial charge >= 0.3 is 0 Å². The quantitative estimate of drug-likeness (QED) is 0.595. The minimum absolute atomic E-state index is 0.194. The second kappa shape index (κ2) is 5.44. The Kier molecular flexibility index (Phi) is 3.28. The highest BCUT2D eigenvalue weighted by Gasteiger charge is 2.11. The lowest BCUT2D eigenvalue weighted by atomic mass is 10.1. The van der Waals surface area contributed by atoms with Crippen LogP contribution in [0.4, 0.5) is 5.13 Å². The van der Waals surface area contributed by atoms with Crippen LogP contribution in [-0.4, -0.2) is 15.9 Å². The Balaban J connectivity index is 1.70. The van der Waals surface area contributed by atoms with Gasteiger partial charge in [-0.3, -0.25) is 15.1 Å². The van der Waals surface area contributed by atoms with E-state index in [0.717, 1.165) is 26.7 Å². The van der Waals surface area contributed by atoms with Crippen LogP contribution in [-0.2, 0) is 0 Å². The highest BCUT2D eigenvalue weighted by molar-refractivity contribution is 7.22. The van der Waals surface area contributed by atoms with E-state index < -0.39 is 0 Å². The maximum Gasteiger partial charge on any atom is 0.259 e. The van der Waals surface area contributed by atoms with Crippen LogP contribution in [0.5, 0.6) is 0 Å². The largest absolute Gasteiger partial charge is 0.298 e. The number of aromatic nitrogens is 2. The van der Waals surface area contributed by atoms with Crippen molar-refractivity contribution in [1.29, 1.82) is 0 Å². The second-order valence-corrected chi connectivity index (χ2v) is 6.33.